The van der Waals surface area contributed by atoms with Crippen molar-refractivity contribution >= 4 is 5.97 Å². The Morgan fingerprint density at radius 2 is 2.10 bits per heavy atom. The van der Waals surface area contributed by atoms with Crippen molar-refractivity contribution in [2.45, 2.75) is 76.5 Å². The van der Waals surface area contributed by atoms with E-state index in [1.807, 2.05) is 20.8 Å². The third-order valence-electron chi connectivity index (χ3n) is 8.38. The molecule has 5 nitrogen and oxygen atoms in total. The van der Waals surface area contributed by atoms with Gasteiger partial charge in [0, 0.05) is 18.4 Å². The van der Waals surface area contributed by atoms with Crippen LogP contribution in [0.3, 0.4) is 0 Å². The standard InChI is InChI=1S/C25H34NO4/c1-15-7-8-17-13-18-25(28)10-9-16(2)21-24(25,19(17)20(15)30-21)11-12-26(18,6)14-29-22(27)23(3,4)5/h7-8,18,21,28H,2,9-14H2,1,3-6H3/q+1/t18?,21-,24-,25+,26+/m0/s1. The first-order valence-electron chi connectivity index (χ1n) is 11.2. The van der Waals surface area contributed by atoms with Gasteiger partial charge in [0.2, 0.25) is 6.73 Å². The minimum absolute atomic E-state index is 0.0422. The summed E-state index contributed by atoms with van der Waals surface area (Å²) in [5, 5.41) is 12.4. The highest BCUT2D eigenvalue weighted by atomic mass is 16.5. The number of likely N-dealkylation sites (tertiary alicyclic amines) is 1. The van der Waals surface area contributed by atoms with Crippen LogP contribution in [0.5, 0.6) is 5.75 Å². The molecule has 2 aliphatic heterocycles. The van der Waals surface area contributed by atoms with E-state index in [1.54, 1.807) is 0 Å². The summed E-state index contributed by atoms with van der Waals surface area (Å²) >= 11 is 0. The summed E-state index contributed by atoms with van der Waals surface area (Å²) in [4.78, 5) is 12.5. The van der Waals surface area contributed by atoms with Crippen LogP contribution in [0.2, 0.25) is 0 Å². The van der Waals surface area contributed by atoms with E-state index in [4.69, 9.17) is 9.47 Å². The van der Waals surface area contributed by atoms with Crippen molar-refractivity contribution in [2.24, 2.45) is 5.41 Å². The molecule has 5 heteroatoms. The van der Waals surface area contributed by atoms with Crippen molar-refractivity contribution in [1.82, 2.24) is 0 Å². The maximum absolute atomic E-state index is 12.5. The summed E-state index contributed by atoms with van der Waals surface area (Å²) < 4.78 is 12.9. The number of quaternary nitrogens is 1. The molecular formula is C25H34NO4+. The van der Waals surface area contributed by atoms with E-state index in [9.17, 15) is 9.90 Å². The van der Waals surface area contributed by atoms with Gasteiger partial charge >= 0.3 is 5.97 Å². The number of nitrogens with zero attached hydrogens (tertiary/aromatic N) is 1. The lowest BCUT2D eigenvalue weighted by molar-refractivity contribution is -0.963. The topological polar surface area (TPSA) is 55.8 Å². The molecular weight excluding hydrogens is 378 g/mol. The van der Waals surface area contributed by atoms with Crippen LogP contribution in [-0.2, 0) is 21.4 Å². The summed E-state index contributed by atoms with van der Waals surface area (Å²) in [6.07, 6.45) is 2.86. The molecule has 1 spiro atoms. The lowest BCUT2D eigenvalue weighted by Gasteiger charge is -2.64. The van der Waals surface area contributed by atoms with Gasteiger partial charge in [-0.15, -0.1) is 0 Å². The summed E-state index contributed by atoms with van der Waals surface area (Å²) in [7, 11) is 2.14. The summed E-state index contributed by atoms with van der Waals surface area (Å²) in [6.45, 7) is 13.2. The Morgan fingerprint density at radius 1 is 1.37 bits per heavy atom. The average molecular weight is 413 g/mol. The van der Waals surface area contributed by atoms with E-state index < -0.39 is 16.4 Å². The van der Waals surface area contributed by atoms with Crippen molar-refractivity contribution in [3.8, 4) is 5.75 Å². The van der Waals surface area contributed by atoms with Crippen LogP contribution in [0.1, 0.15) is 56.7 Å². The number of carbonyl (C=O) groups excluding carboxylic acids is 1. The number of ether oxygens (including phenoxy) is 2. The first kappa shape index (κ1) is 20.1. The Morgan fingerprint density at radius 3 is 2.80 bits per heavy atom. The number of likely N-dealkylation sites (N-methyl/N-ethyl adjacent to an activating group) is 1. The average Bonchev–Trinajstić information content (AvgIpc) is 3.03. The van der Waals surface area contributed by atoms with Gasteiger partial charge in [0.1, 0.15) is 23.5 Å². The van der Waals surface area contributed by atoms with Crippen molar-refractivity contribution < 1.29 is 23.9 Å². The highest BCUT2D eigenvalue weighted by Gasteiger charge is 2.75. The van der Waals surface area contributed by atoms with Gasteiger partial charge in [0.15, 0.2) is 0 Å². The normalized spacial score (nSPS) is 38.7. The molecule has 2 bridgehead atoms. The van der Waals surface area contributed by atoms with Crippen LogP contribution >= 0.6 is 0 Å². The van der Waals surface area contributed by atoms with Crippen LogP contribution in [0.25, 0.3) is 0 Å². The molecule has 1 saturated heterocycles. The van der Waals surface area contributed by atoms with Gasteiger partial charge < -0.3 is 14.6 Å². The molecule has 1 saturated carbocycles. The van der Waals surface area contributed by atoms with Crippen molar-refractivity contribution in [3.05, 3.63) is 41.0 Å². The number of piperidine rings is 1. The molecule has 1 aromatic carbocycles. The molecule has 0 amide bonds. The highest BCUT2D eigenvalue weighted by Crippen LogP contribution is 2.66. The molecule has 2 fully saturated rings. The molecule has 4 aliphatic rings. The van der Waals surface area contributed by atoms with E-state index in [1.165, 1.54) is 11.1 Å². The molecule has 30 heavy (non-hydrogen) atoms. The van der Waals surface area contributed by atoms with Crippen LogP contribution < -0.4 is 4.74 Å². The fraction of sp³-hybridized carbons (Fsp3) is 0.640. The summed E-state index contributed by atoms with van der Waals surface area (Å²) in [5.74, 6) is 0.773. The molecule has 0 aromatic heterocycles. The monoisotopic (exact) mass is 412 g/mol. The third kappa shape index (κ3) is 2.28. The second-order valence-electron chi connectivity index (χ2n) is 11.3. The minimum atomic E-state index is -0.897. The number of benzene rings is 1. The smallest absolute Gasteiger partial charge is 0.315 e. The number of hydrogen-bond acceptors (Lipinski definition) is 4. The number of esters is 1. The lowest BCUT2D eigenvalue weighted by atomic mass is 9.48. The van der Waals surface area contributed by atoms with Gasteiger partial charge in [-0.05, 0) is 57.2 Å². The van der Waals surface area contributed by atoms with Gasteiger partial charge in [0.05, 0.1) is 24.4 Å². The van der Waals surface area contributed by atoms with Crippen molar-refractivity contribution in [1.29, 1.82) is 0 Å². The van der Waals surface area contributed by atoms with Crippen LogP contribution in [0.4, 0.5) is 0 Å². The van der Waals surface area contributed by atoms with E-state index >= 15 is 0 Å². The van der Waals surface area contributed by atoms with Crippen LogP contribution in [-0.4, -0.2) is 53.6 Å². The van der Waals surface area contributed by atoms with E-state index in [-0.39, 0.29) is 18.1 Å². The molecule has 2 aliphatic carbocycles. The number of rotatable bonds is 2. The molecule has 162 valence electrons. The highest BCUT2D eigenvalue weighted by molar-refractivity contribution is 5.75. The fourth-order valence-electron chi connectivity index (χ4n) is 6.68. The van der Waals surface area contributed by atoms with E-state index in [0.29, 0.717) is 17.6 Å². The first-order chi connectivity index (χ1) is 13.9. The second-order valence-corrected chi connectivity index (χ2v) is 11.3. The predicted molar refractivity (Wildman–Crippen MR) is 114 cm³/mol. The Kier molecular flexibility index (Phi) is 3.94. The minimum Gasteiger partial charge on any atom is -0.484 e. The van der Waals surface area contributed by atoms with Gasteiger partial charge in [-0.25, -0.2) is 0 Å². The zero-order chi connectivity index (χ0) is 21.7. The second kappa shape index (κ2) is 5.89. The molecule has 1 N–H and O–H groups in total. The molecule has 5 rings (SSSR count). The van der Waals surface area contributed by atoms with E-state index in [0.717, 1.165) is 42.7 Å². The zero-order valence-electron chi connectivity index (χ0n) is 18.9. The van der Waals surface area contributed by atoms with Gasteiger partial charge in [-0.2, -0.15) is 0 Å². The Balaban J connectivity index is 1.61. The van der Waals surface area contributed by atoms with Crippen molar-refractivity contribution in [2.75, 3.05) is 20.3 Å². The predicted octanol–water partition coefficient (Wildman–Crippen LogP) is 3.40. The quantitative estimate of drug-likeness (QED) is 0.460. The largest absolute Gasteiger partial charge is 0.484 e. The summed E-state index contributed by atoms with van der Waals surface area (Å²) in [6, 6.07) is 4.30. The SMILES string of the molecule is C=C1CC[C@@]2(O)C3Cc4ccc(C)c5c4[C@@]2(CC[N@+]3(C)COC(=O)C(C)(C)C)[C@H]1O5. The number of carbonyl (C=O) groups is 1. The Bertz CT molecular complexity index is 963. The summed E-state index contributed by atoms with van der Waals surface area (Å²) in [5.41, 5.74) is 2.86. The number of hydrogen-bond donors (Lipinski definition) is 1. The lowest BCUT2D eigenvalue weighted by Crippen LogP contribution is -2.80. The first-order valence-corrected chi connectivity index (χ1v) is 11.2. The fourth-order valence-corrected chi connectivity index (χ4v) is 6.68. The molecule has 5 atom stereocenters. The van der Waals surface area contributed by atoms with Crippen LogP contribution in [0.15, 0.2) is 24.3 Å². The molecule has 0 radical (unpaired) electrons. The molecule has 1 aromatic rings. The zero-order valence-corrected chi connectivity index (χ0v) is 18.9. The van der Waals surface area contributed by atoms with Crippen LogP contribution in [0, 0.1) is 12.3 Å². The van der Waals surface area contributed by atoms with E-state index in [2.05, 4.69) is 32.7 Å². The molecule has 1 unspecified atom stereocenters. The Hall–Kier alpha value is -1.85. The van der Waals surface area contributed by atoms with Gasteiger partial charge in [-0.1, -0.05) is 18.7 Å². The third-order valence-corrected chi connectivity index (χ3v) is 8.38. The van der Waals surface area contributed by atoms with Gasteiger partial charge in [0.25, 0.3) is 0 Å². The Labute approximate surface area is 179 Å². The number of aliphatic hydroxyl groups is 1. The van der Waals surface area contributed by atoms with Gasteiger partial charge in [-0.3, -0.25) is 9.28 Å². The molecule has 2 heterocycles. The maximum atomic E-state index is 12.5. The van der Waals surface area contributed by atoms with Crippen molar-refractivity contribution in [3.63, 3.8) is 0 Å². The maximum Gasteiger partial charge on any atom is 0.315 e. The number of aryl methyl sites for hydroxylation is 1.